The Balaban J connectivity index is 1.65. The van der Waals surface area contributed by atoms with Crippen molar-refractivity contribution in [3.05, 3.63) is 77.9 Å². The van der Waals surface area contributed by atoms with E-state index in [9.17, 15) is 9.90 Å². The second kappa shape index (κ2) is 8.19. The van der Waals surface area contributed by atoms with Gasteiger partial charge in [-0.3, -0.25) is 4.79 Å². The molecule has 29 heavy (non-hydrogen) atoms. The SMILES string of the molecule is COc1ccc([C@@H]2Sc3cc(Oc4cccc(C)c4)ccc3NC(=O)[C@@H]2O)cc1. The summed E-state index contributed by atoms with van der Waals surface area (Å²) in [5, 5.41) is 13.0. The quantitative estimate of drug-likeness (QED) is 0.641. The number of aliphatic hydroxyl groups is 1. The molecule has 4 rings (SSSR count). The van der Waals surface area contributed by atoms with Crippen molar-refractivity contribution >= 4 is 23.4 Å². The molecular formula is C23H21NO4S. The standard InChI is InChI=1S/C23H21NO4S/c1-14-4-3-5-17(12-14)28-18-10-11-19-20(13-18)29-22(21(25)23(26)24-19)15-6-8-16(27-2)9-7-15/h3-13,21-22,25H,1-2H3,(H,24,26)/t21-,22+/m1/s1. The third-order valence-corrected chi connectivity index (χ3v) is 6.07. The molecule has 0 aliphatic carbocycles. The predicted octanol–water partition coefficient (Wildman–Crippen LogP) is 4.94. The second-order valence-electron chi connectivity index (χ2n) is 6.82. The van der Waals surface area contributed by atoms with E-state index >= 15 is 0 Å². The number of rotatable bonds is 4. The number of aliphatic hydroxyl groups excluding tert-OH is 1. The highest BCUT2D eigenvalue weighted by Gasteiger charge is 2.33. The largest absolute Gasteiger partial charge is 0.497 e. The van der Waals surface area contributed by atoms with Crippen molar-refractivity contribution in [1.29, 1.82) is 0 Å². The number of aryl methyl sites for hydroxylation is 1. The van der Waals surface area contributed by atoms with Gasteiger partial charge in [0.2, 0.25) is 0 Å². The van der Waals surface area contributed by atoms with Gasteiger partial charge in [0.15, 0.2) is 0 Å². The molecule has 3 aromatic carbocycles. The molecule has 0 radical (unpaired) electrons. The molecule has 6 heteroatoms. The molecule has 0 fully saturated rings. The first-order valence-corrected chi connectivity index (χ1v) is 10.1. The normalized spacial score (nSPS) is 18.4. The minimum atomic E-state index is -1.18. The molecule has 0 saturated heterocycles. The van der Waals surface area contributed by atoms with Crippen molar-refractivity contribution in [3.8, 4) is 17.2 Å². The van der Waals surface area contributed by atoms with Crippen LogP contribution in [0.2, 0.25) is 0 Å². The smallest absolute Gasteiger partial charge is 0.254 e. The Hall–Kier alpha value is -2.96. The number of fused-ring (bicyclic) bond motifs is 1. The maximum absolute atomic E-state index is 12.5. The molecule has 1 amide bonds. The number of ether oxygens (including phenoxy) is 2. The molecule has 0 spiro atoms. The summed E-state index contributed by atoms with van der Waals surface area (Å²) in [4.78, 5) is 13.3. The Morgan fingerprint density at radius 2 is 1.69 bits per heavy atom. The Labute approximate surface area is 173 Å². The number of carbonyl (C=O) groups is 1. The zero-order chi connectivity index (χ0) is 20.4. The first-order valence-electron chi connectivity index (χ1n) is 9.21. The molecule has 3 aromatic rings. The van der Waals surface area contributed by atoms with E-state index in [1.807, 2.05) is 67.6 Å². The summed E-state index contributed by atoms with van der Waals surface area (Å²) in [5.74, 6) is 1.71. The van der Waals surface area contributed by atoms with Crippen molar-refractivity contribution in [1.82, 2.24) is 0 Å². The molecule has 0 saturated carbocycles. The van der Waals surface area contributed by atoms with Crippen molar-refractivity contribution in [2.24, 2.45) is 0 Å². The number of carbonyl (C=O) groups excluding carboxylic acids is 1. The van der Waals surface area contributed by atoms with Crippen LogP contribution >= 0.6 is 11.8 Å². The lowest BCUT2D eigenvalue weighted by Gasteiger charge is -2.19. The highest BCUT2D eigenvalue weighted by molar-refractivity contribution is 7.99. The van der Waals surface area contributed by atoms with Crippen LogP contribution in [0.1, 0.15) is 16.4 Å². The summed E-state index contributed by atoms with van der Waals surface area (Å²) < 4.78 is 11.2. The average molecular weight is 407 g/mol. The van der Waals surface area contributed by atoms with Crippen LogP contribution in [0.3, 0.4) is 0 Å². The number of nitrogens with one attached hydrogen (secondary N) is 1. The Kier molecular flexibility index (Phi) is 5.47. The van der Waals surface area contributed by atoms with Crippen LogP contribution in [0.5, 0.6) is 17.2 Å². The minimum Gasteiger partial charge on any atom is -0.497 e. The molecule has 1 aliphatic heterocycles. The highest BCUT2D eigenvalue weighted by Crippen LogP contribution is 2.45. The first kappa shape index (κ1) is 19.4. The van der Waals surface area contributed by atoms with Crippen LogP contribution in [-0.2, 0) is 4.79 Å². The Morgan fingerprint density at radius 1 is 0.966 bits per heavy atom. The van der Waals surface area contributed by atoms with E-state index in [0.29, 0.717) is 11.4 Å². The summed E-state index contributed by atoms with van der Waals surface area (Å²) >= 11 is 1.43. The van der Waals surface area contributed by atoms with Gasteiger partial charge in [0.05, 0.1) is 18.0 Å². The topological polar surface area (TPSA) is 67.8 Å². The minimum absolute atomic E-state index is 0.426. The van der Waals surface area contributed by atoms with E-state index in [1.54, 1.807) is 13.2 Å². The van der Waals surface area contributed by atoms with Gasteiger partial charge >= 0.3 is 0 Å². The molecule has 2 atom stereocenters. The van der Waals surface area contributed by atoms with Crippen LogP contribution in [0.15, 0.2) is 71.6 Å². The first-order chi connectivity index (χ1) is 14.0. The van der Waals surface area contributed by atoms with Crippen LogP contribution in [-0.4, -0.2) is 24.2 Å². The summed E-state index contributed by atoms with van der Waals surface area (Å²) in [7, 11) is 1.60. The van der Waals surface area contributed by atoms with Crippen molar-refractivity contribution in [2.75, 3.05) is 12.4 Å². The lowest BCUT2D eigenvalue weighted by molar-refractivity contribution is -0.124. The van der Waals surface area contributed by atoms with Gasteiger partial charge in [-0.15, -0.1) is 11.8 Å². The monoisotopic (exact) mass is 407 g/mol. The Bertz CT molecular complexity index is 1040. The van der Waals surface area contributed by atoms with E-state index in [2.05, 4.69) is 5.32 Å². The zero-order valence-corrected chi connectivity index (χ0v) is 16.9. The number of benzene rings is 3. The number of hydrogen-bond acceptors (Lipinski definition) is 5. The van der Waals surface area contributed by atoms with Crippen molar-refractivity contribution in [2.45, 2.75) is 23.2 Å². The van der Waals surface area contributed by atoms with Crippen LogP contribution < -0.4 is 14.8 Å². The van der Waals surface area contributed by atoms with Gasteiger partial charge in [-0.2, -0.15) is 0 Å². The molecule has 1 aliphatic rings. The van der Waals surface area contributed by atoms with Crippen LogP contribution in [0.4, 0.5) is 5.69 Å². The maximum atomic E-state index is 12.5. The fourth-order valence-electron chi connectivity index (χ4n) is 3.17. The van der Waals surface area contributed by atoms with E-state index in [0.717, 1.165) is 27.5 Å². The van der Waals surface area contributed by atoms with Crippen LogP contribution in [0, 0.1) is 6.92 Å². The molecule has 0 aromatic heterocycles. The lowest BCUT2D eigenvalue weighted by atomic mass is 10.1. The predicted molar refractivity (Wildman–Crippen MR) is 114 cm³/mol. The molecular weight excluding hydrogens is 386 g/mol. The van der Waals surface area contributed by atoms with Crippen molar-refractivity contribution < 1.29 is 19.4 Å². The zero-order valence-electron chi connectivity index (χ0n) is 16.1. The van der Waals surface area contributed by atoms with Gasteiger partial charge in [0.1, 0.15) is 23.4 Å². The van der Waals surface area contributed by atoms with Gasteiger partial charge in [-0.25, -0.2) is 0 Å². The van der Waals surface area contributed by atoms with E-state index < -0.39 is 17.3 Å². The number of thioether (sulfide) groups is 1. The number of methoxy groups -OCH3 is 1. The van der Waals surface area contributed by atoms with E-state index in [-0.39, 0.29) is 0 Å². The summed E-state index contributed by atoms with van der Waals surface area (Å²) in [6, 6.07) is 20.7. The summed E-state index contributed by atoms with van der Waals surface area (Å²) in [5.41, 5.74) is 2.62. The fraction of sp³-hybridized carbons (Fsp3) is 0.174. The van der Waals surface area contributed by atoms with E-state index in [4.69, 9.17) is 9.47 Å². The highest BCUT2D eigenvalue weighted by atomic mass is 32.2. The molecule has 148 valence electrons. The van der Waals surface area contributed by atoms with Gasteiger partial charge in [-0.05, 0) is 60.5 Å². The third kappa shape index (κ3) is 4.23. The molecule has 2 N–H and O–H groups in total. The molecule has 0 bridgehead atoms. The summed E-state index contributed by atoms with van der Waals surface area (Å²) in [6.45, 7) is 2.01. The Morgan fingerprint density at radius 3 is 2.41 bits per heavy atom. The number of anilines is 1. The molecule has 5 nitrogen and oxygen atoms in total. The fourth-order valence-corrected chi connectivity index (χ4v) is 4.42. The van der Waals surface area contributed by atoms with Gasteiger partial charge in [-0.1, -0.05) is 24.3 Å². The van der Waals surface area contributed by atoms with Gasteiger partial charge in [0, 0.05) is 4.90 Å². The van der Waals surface area contributed by atoms with Gasteiger partial charge in [0.25, 0.3) is 5.91 Å². The maximum Gasteiger partial charge on any atom is 0.254 e. The number of amides is 1. The second-order valence-corrected chi connectivity index (χ2v) is 8.01. The van der Waals surface area contributed by atoms with E-state index in [1.165, 1.54) is 11.8 Å². The molecule has 0 unspecified atom stereocenters. The summed E-state index contributed by atoms with van der Waals surface area (Å²) in [6.07, 6.45) is -1.18. The lowest BCUT2D eigenvalue weighted by Crippen LogP contribution is -2.30. The van der Waals surface area contributed by atoms with Crippen molar-refractivity contribution in [3.63, 3.8) is 0 Å². The van der Waals surface area contributed by atoms with Gasteiger partial charge < -0.3 is 19.9 Å². The third-order valence-electron chi connectivity index (χ3n) is 4.69. The molecule has 1 heterocycles. The number of hydrogen-bond donors (Lipinski definition) is 2. The average Bonchev–Trinajstić information content (AvgIpc) is 2.84. The van der Waals surface area contributed by atoms with Crippen LogP contribution in [0.25, 0.3) is 0 Å².